The van der Waals surface area contributed by atoms with E-state index in [9.17, 15) is 4.79 Å². The first-order chi connectivity index (χ1) is 11.8. The highest BCUT2D eigenvalue weighted by Gasteiger charge is 2.22. The summed E-state index contributed by atoms with van der Waals surface area (Å²) in [6, 6.07) is 10.3. The molecule has 0 N–H and O–H groups in total. The first kappa shape index (κ1) is 15.6. The molecule has 3 heterocycles. The van der Waals surface area contributed by atoms with Crippen molar-refractivity contribution in [3.8, 4) is 0 Å². The Balaban J connectivity index is 1.33. The minimum absolute atomic E-state index is 0.269. The molecule has 1 aromatic carbocycles. The number of hydrogen-bond acceptors (Lipinski definition) is 5. The quantitative estimate of drug-likeness (QED) is 0.715. The topological polar surface area (TPSA) is 36.4 Å². The van der Waals surface area contributed by atoms with Gasteiger partial charge in [-0.3, -0.25) is 4.79 Å². The van der Waals surface area contributed by atoms with Crippen LogP contribution in [0.2, 0.25) is 0 Å². The van der Waals surface area contributed by atoms with Crippen molar-refractivity contribution in [1.82, 2.24) is 9.88 Å². The summed E-state index contributed by atoms with van der Waals surface area (Å²) in [7, 11) is 0. The smallest absolute Gasteiger partial charge is 0.223 e. The van der Waals surface area contributed by atoms with Gasteiger partial charge in [0.2, 0.25) is 5.91 Å². The molecule has 0 atom stereocenters. The maximum Gasteiger partial charge on any atom is 0.223 e. The van der Waals surface area contributed by atoms with E-state index in [1.165, 1.54) is 10.3 Å². The fraction of sp³-hybridized carbons (Fsp3) is 0.333. The predicted molar refractivity (Wildman–Crippen MR) is 101 cm³/mol. The zero-order chi connectivity index (χ0) is 16.4. The summed E-state index contributed by atoms with van der Waals surface area (Å²) in [6.45, 7) is 3.31. The number of aromatic nitrogens is 1. The highest BCUT2D eigenvalue weighted by atomic mass is 32.1. The molecule has 6 heteroatoms. The molecular formula is C18H19N3OS2. The Morgan fingerprint density at radius 3 is 2.71 bits per heavy atom. The number of carbonyl (C=O) groups is 1. The fourth-order valence-corrected chi connectivity index (χ4v) is 4.71. The number of anilines is 1. The summed E-state index contributed by atoms with van der Waals surface area (Å²) < 4.78 is 1.22. The van der Waals surface area contributed by atoms with Gasteiger partial charge in [0.1, 0.15) is 0 Å². The Hall–Kier alpha value is -1.92. The molecule has 2 aromatic heterocycles. The standard InChI is InChI=1S/C18H19N3OS2/c22-17(6-5-14-7-12-23-13-14)20-8-10-21(11-9-20)18-19-15-3-1-2-4-16(15)24-18/h1-4,7,12-13H,5-6,8-11H2. The number of carbonyl (C=O) groups excluding carboxylic acids is 1. The number of piperazine rings is 1. The second kappa shape index (κ2) is 6.91. The maximum absolute atomic E-state index is 12.4. The van der Waals surface area contributed by atoms with Crippen LogP contribution in [0.15, 0.2) is 41.1 Å². The van der Waals surface area contributed by atoms with E-state index >= 15 is 0 Å². The maximum atomic E-state index is 12.4. The van der Waals surface area contributed by atoms with Gasteiger partial charge in [0, 0.05) is 32.6 Å². The molecule has 0 spiro atoms. The van der Waals surface area contributed by atoms with Gasteiger partial charge in [-0.05, 0) is 40.9 Å². The number of benzene rings is 1. The normalized spacial score (nSPS) is 15.2. The second-order valence-corrected chi connectivity index (χ2v) is 7.75. The molecule has 0 unspecified atom stereocenters. The van der Waals surface area contributed by atoms with Crippen LogP contribution in [0.25, 0.3) is 10.2 Å². The molecule has 124 valence electrons. The van der Waals surface area contributed by atoms with Crippen molar-refractivity contribution in [1.29, 1.82) is 0 Å². The van der Waals surface area contributed by atoms with Crippen molar-refractivity contribution in [2.24, 2.45) is 0 Å². The summed E-state index contributed by atoms with van der Waals surface area (Å²) in [6.07, 6.45) is 1.46. The van der Waals surface area contributed by atoms with Gasteiger partial charge < -0.3 is 9.80 Å². The van der Waals surface area contributed by atoms with Crippen molar-refractivity contribution in [3.63, 3.8) is 0 Å². The molecule has 4 nitrogen and oxygen atoms in total. The first-order valence-electron chi connectivity index (χ1n) is 8.19. The van der Waals surface area contributed by atoms with E-state index in [1.807, 2.05) is 17.0 Å². The van der Waals surface area contributed by atoms with Crippen LogP contribution >= 0.6 is 22.7 Å². The van der Waals surface area contributed by atoms with E-state index in [4.69, 9.17) is 4.98 Å². The van der Waals surface area contributed by atoms with Crippen LogP contribution in [-0.2, 0) is 11.2 Å². The molecular weight excluding hydrogens is 338 g/mol. The number of fused-ring (bicyclic) bond motifs is 1. The minimum Gasteiger partial charge on any atom is -0.345 e. The van der Waals surface area contributed by atoms with Gasteiger partial charge in [0.25, 0.3) is 0 Å². The SMILES string of the molecule is O=C(CCc1ccsc1)N1CCN(c2nc3ccccc3s2)CC1. The lowest BCUT2D eigenvalue weighted by Crippen LogP contribution is -2.48. The van der Waals surface area contributed by atoms with Gasteiger partial charge in [0.15, 0.2) is 5.13 Å². The lowest BCUT2D eigenvalue weighted by molar-refractivity contribution is -0.131. The average Bonchev–Trinajstić information content (AvgIpc) is 3.29. The van der Waals surface area contributed by atoms with Crippen molar-refractivity contribution >= 4 is 43.9 Å². The first-order valence-corrected chi connectivity index (χ1v) is 9.95. The Bertz CT molecular complexity index is 787. The van der Waals surface area contributed by atoms with E-state index in [2.05, 4.69) is 33.9 Å². The summed E-state index contributed by atoms with van der Waals surface area (Å²) >= 11 is 3.42. The van der Waals surface area contributed by atoms with Crippen LogP contribution in [0, 0.1) is 0 Å². The van der Waals surface area contributed by atoms with Gasteiger partial charge in [0.05, 0.1) is 10.2 Å². The number of amides is 1. The number of thiazole rings is 1. The Labute approximate surface area is 149 Å². The molecule has 3 aromatic rings. The van der Waals surface area contributed by atoms with Gasteiger partial charge in [-0.2, -0.15) is 11.3 Å². The van der Waals surface area contributed by atoms with E-state index in [1.54, 1.807) is 22.7 Å². The van der Waals surface area contributed by atoms with Crippen LogP contribution < -0.4 is 4.90 Å². The zero-order valence-corrected chi connectivity index (χ0v) is 15.0. The second-order valence-electron chi connectivity index (χ2n) is 5.96. The zero-order valence-electron chi connectivity index (χ0n) is 13.4. The molecule has 1 saturated heterocycles. The van der Waals surface area contributed by atoms with Crippen LogP contribution in [0.1, 0.15) is 12.0 Å². The summed E-state index contributed by atoms with van der Waals surface area (Å²) in [5, 5.41) is 5.26. The summed E-state index contributed by atoms with van der Waals surface area (Å²) in [5.41, 5.74) is 2.33. The van der Waals surface area contributed by atoms with E-state index in [0.29, 0.717) is 6.42 Å². The highest BCUT2D eigenvalue weighted by molar-refractivity contribution is 7.22. The summed E-state index contributed by atoms with van der Waals surface area (Å²) in [4.78, 5) is 21.4. The molecule has 1 aliphatic heterocycles. The predicted octanol–water partition coefficient (Wildman–Crippen LogP) is 3.64. The van der Waals surface area contributed by atoms with Crippen LogP contribution in [0.5, 0.6) is 0 Å². The van der Waals surface area contributed by atoms with Crippen molar-refractivity contribution in [3.05, 3.63) is 46.7 Å². The third-order valence-electron chi connectivity index (χ3n) is 4.39. The van der Waals surface area contributed by atoms with Crippen molar-refractivity contribution in [2.75, 3.05) is 31.1 Å². The molecule has 1 aliphatic rings. The summed E-state index contributed by atoms with van der Waals surface area (Å²) in [5.74, 6) is 0.269. The van der Waals surface area contributed by atoms with E-state index in [-0.39, 0.29) is 5.91 Å². The number of rotatable bonds is 4. The third kappa shape index (κ3) is 3.30. The van der Waals surface area contributed by atoms with Gasteiger partial charge >= 0.3 is 0 Å². The fourth-order valence-electron chi connectivity index (χ4n) is 2.99. The lowest BCUT2D eigenvalue weighted by atomic mass is 10.1. The Kier molecular flexibility index (Phi) is 4.49. The third-order valence-corrected chi connectivity index (χ3v) is 6.22. The van der Waals surface area contributed by atoms with Crippen LogP contribution in [-0.4, -0.2) is 42.0 Å². The minimum atomic E-state index is 0.269. The van der Waals surface area contributed by atoms with Gasteiger partial charge in [-0.15, -0.1) is 0 Å². The number of para-hydroxylation sites is 1. The number of nitrogens with zero attached hydrogens (tertiary/aromatic N) is 3. The van der Waals surface area contributed by atoms with Crippen molar-refractivity contribution < 1.29 is 4.79 Å². The molecule has 24 heavy (non-hydrogen) atoms. The molecule has 0 saturated carbocycles. The molecule has 1 amide bonds. The molecule has 1 fully saturated rings. The van der Waals surface area contributed by atoms with Crippen LogP contribution in [0.3, 0.4) is 0 Å². The molecule has 0 radical (unpaired) electrons. The monoisotopic (exact) mass is 357 g/mol. The highest BCUT2D eigenvalue weighted by Crippen LogP contribution is 2.29. The number of hydrogen-bond donors (Lipinski definition) is 0. The van der Waals surface area contributed by atoms with E-state index < -0.39 is 0 Å². The Morgan fingerprint density at radius 1 is 1.12 bits per heavy atom. The Morgan fingerprint density at radius 2 is 1.96 bits per heavy atom. The van der Waals surface area contributed by atoms with Crippen molar-refractivity contribution in [2.45, 2.75) is 12.8 Å². The van der Waals surface area contributed by atoms with Gasteiger partial charge in [-0.25, -0.2) is 4.98 Å². The molecule has 4 rings (SSSR count). The largest absolute Gasteiger partial charge is 0.345 e. The van der Waals surface area contributed by atoms with Crippen LogP contribution in [0.4, 0.5) is 5.13 Å². The molecule has 0 aliphatic carbocycles. The lowest BCUT2D eigenvalue weighted by Gasteiger charge is -2.34. The molecule has 0 bridgehead atoms. The number of aryl methyl sites for hydroxylation is 1. The average molecular weight is 358 g/mol. The number of thiophene rings is 1. The van der Waals surface area contributed by atoms with E-state index in [0.717, 1.165) is 43.2 Å². The van der Waals surface area contributed by atoms with Gasteiger partial charge in [-0.1, -0.05) is 23.5 Å².